The van der Waals surface area contributed by atoms with Crippen molar-refractivity contribution in [3.8, 4) is 0 Å². The minimum atomic E-state index is -1.21. The molecular formula is C16H23NO6. The molecule has 2 aliphatic heterocycles. The topological polar surface area (TPSA) is 91.6 Å². The number of methoxy groups -OCH3 is 1. The lowest BCUT2D eigenvalue weighted by Crippen LogP contribution is -2.72. The van der Waals surface area contributed by atoms with Gasteiger partial charge in [-0.05, 0) is 5.56 Å². The van der Waals surface area contributed by atoms with Crippen molar-refractivity contribution < 1.29 is 29.6 Å². The van der Waals surface area contributed by atoms with E-state index in [0.29, 0.717) is 19.6 Å². The van der Waals surface area contributed by atoms with E-state index in [-0.39, 0.29) is 0 Å². The Bertz CT molecular complexity index is 515. The molecule has 7 nitrogen and oxygen atoms in total. The van der Waals surface area contributed by atoms with E-state index in [4.69, 9.17) is 14.3 Å². The van der Waals surface area contributed by atoms with E-state index in [1.54, 1.807) is 5.06 Å². The van der Waals surface area contributed by atoms with Crippen molar-refractivity contribution in [1.82, 2.24) is 5.06 Å². The zero-order valence-corrected chi connectivity index (χ0v) is 13.0. The average Bonchev–Trinajstić information content (AvgIpc) is 2.59. The first-order chi connectivity index (χ1) is 11.1. The van der Waals surface area contributed by atoms with Gasteiger partial charge in [0.2, 0.25) is 0 Å². The van der Waals surface area contributed by atoms with Crippen LogP contribution < -0.4 is 0 Å². The normalized spacial score (nSPS) is 38.3. The molecule has 0 saturated carbocycles. The number of ether oxygens (including phenoxy) is 2. The van der Waals surface area contributed by atoms with Gasteiger partial charge in [0.05, 0.1) is 13.2 Å². The molecule has 0 spiro atoms. The van der Waals surface area contributed by atoms with Gasteiger partial charge in [0, 0.05) is 20.1 Å². The van der Waals surface area contributed by atoms with Crippen LogP contribution in [0.1, 0.15) is 12.0 Å². The number of hydrogen-bond acceptors (Lipinski definition) is 7. The summed E-state index contributed by atoms with van der Waals surface area (Å²) in [4.78, 5) is 5.71. The number of hydroxylamine groups is 2. The van der Waals surface area contributed by atoms with Gasteiger partial charge in [-0.25, -0.2) is 0 Å². The van der Waals surface area contributed by atoms with Crippen molar-refractivity contribution in [3.05, 3.63) is 35.9 Å². The summed E-state index contributed by atoms with van der Waals surface area (Å²) >= 11 is 0. The molecule has 3 N–H and O–H groups in total. The number of aliphatic hydroxyl groups is 3. The van der Waals surface area contributed by atoms with E-state index in [1.165, 1.54) is 7.11 Å². The van der Waals surface area contributed by atoms with E-state index in [0.717, 1.165) is 5.56 Å². The molecule has 2 aliphatic rings. The second kappa shape index (κ2) is 6.82. The molecule has 0 radical (unpaired) electrons. The first-order valence-electron chi connectivity index (χ1n) is 7.75. The molecule has 23 heavy (non-hydrogen) atoms. The third-order valence-corrected chi connectivity index (χ3v) is 4.58. The Morgan fingerprint density at radius 3 is 2.65 bits per heavy atom. The monoisotopic (exact) mass is 325 g/mol. The van der Waals surface area contributed by atoms with Crippen molar-refractivity contribution in [2.24, 2.45) is 0 Å². The summed E-state index contributed by atoms with van der Waals surface area (Å²) in [6.45, 7) is 0.390. The quantitative estimate of drug-likeness (QED) is 0.697. The number of nitrogens with zero attached hydrogens (tertiary/aromatic N) is 1. The van der Waals surface area contributed by atoms with Crippen LogP contribution in [0.15, 0.2) is 30.3 Å². The largest absolute Gasteiger partial charge is 0.394 e. The van der Waals surface area contributed by atoms with Crippen molar-refractivity contribution in [1.29, 1.82) is 0 Å². The van der Waals surface area contributed by atoms with Gasteiger partial charge >= 0.3 is 0 Å². The highest BCUT2D eigenvalue weighted by Crippen LogP contribution is 2.40. The summed E-state index contributed by atoms with van der Waals surface area (Å²) in [6.07, 6.45) is -2.87. The van der Waals surface area contributed by atoms with Crippen LogP contribution in [-0.4, -0.2) is 70.8 Å². The second-order valence-corrected chi connectivity index (χ2v) is 5.92. The fourth-order valence-electron chi connectivity index (χ4n) is 3.37. The molecule has 3 rings (SSSR count). The maximum absolute atomic E-state index is 10.6. The standard InChI is InChI=1S/C16H23NO6/c1-21-16-7-8-22-17(9-11-5-3-2-4-6-11)15(16)14(20)13(19)12(10-18)23-16/h2-6,12-15,18-20H,7-10H2,1H3/t12-,13-,14+,15+,16+/m1/s1. The van der Waals surface area contributed by atoms with Crippen LogP contribution in [0, 0.1) is 0 Å². The molecular weight excluding hydrogens is 302 g/mol. The predicted molar refractivity (Wildman–Crippen MR) is 80.1 cm³/mol. The molecule has 5 atom stereocenters. The Balaban J connectivity index is 1.88. The summed E-state index contributed by atoms with van der Waals surface area (Å²) < 4.78 is 11.4. The minimum Gasteiger partial charge on any atom is -0.394 e. The minimum absolute atomic E-state index is 0.359. The highest BCUT2D eigenvalue weighted by atomic mass is 16.7. The van der Waals surface area contributed by atoms with E-state index in [1.807, 2.05) is 30.3 Å². The Hall–Kier alpha value is -1.06. The zero-order chi connectivity index (χ0) is 16.4. The number of rotatable bonds is 4. The number of hydrogen-bond donors (Lipinski definition) is 3. The van der Waals surface area contributed by atoms with Crippen LogP contribution in [0.25, 0.3) is 0 Å². The highest BCUT2D eigenvalue weighted by molar-refractivity contribution is 5.15. The Labute approximate surface area is 135 Å². The third kappa shape index (κ3) is 3.01. The van der Waals surface area contributed by atoms with E-state index >= 15 is 0 Å². The third-order valence-electron chi connectivity index (χ3n) is 4.58. The van der Waals surface area contributed by atoms with Gasteiger partial charge in [0.25, 0.3) is 0 Å². The molecule has 0 aromatic heterocycles. The number of aliphatic hydroxyl groups excluding tert-OH is 3. The summed E-state index contributed by atoms with van der Waals surface area (Å²) in [5.41, 5.74) is 1.00. The SMILES string of the molecule is CO[C@]12CCON(Cc3ccccc3)[C@H]1[C@@H](O)[C@H](O)[C@@H](CO)O2. The van der Waals surface area contributed by atoms with Crippen molar-refractivity contribution in [3.63, 3.8) is 0 Å². The molecule has 7 heteroatoms. The predicted octanol–water partition coefficient (Wildman–Crippen LogP) is -0.352. The van der Waals surface area contributed by atoms with Gasteiger partial charge in [0.15, 0.2) is 5.79 Å². The maximum Gasteiger partial charge on any atom is 0.191 e. The van der Waals surface area contributed by atoms with Crippen LogP contribution >= 0.6 is 0 Å². The van der Waals surface area contributed by atoms with Gasteiger partial charge in [-0.1, -0.05) is 30.3 Å². The van der Waals surface area contributed by atoms with Gasteiger partial charge in [-0.2, -0.15) is 5.06 Å². The zero-order valence-electron chi connectivity index (χ0n) is 13.0. The van der Waals surface area contributed by atoms with E-state index in [9.17, 15) is 15.3 Å². The molecule has 2 heterocycles. The molecule has 0 unspecified atom stereocenters. The van der Waals surface area contributed by atoms with Crippen molar-refractivity contribution >= 4 is 0 Å². The molecule has 2 saturated heterocycles. The Morgan fingerprint density at radius 2 is 2.00 bits per heavy atom. The van der Waals surface area contributed by atoms with E-state index in [2.05, 4.69) is 0 Å². The van der Waals surface area contributed by atoms with Gasteiger partial charge in [-0.3, -0.25) is 4.84 Å². The van der Waals surface area contributed by atoms with Crippen molar-refractivity contribution in [2.45, 2.75) is 43.1 Å². The van der Waals surface area contributed by atoms with Crippen molar-refractivity contribution in [2.75, 3.05) is 20.3 Å². The molecule has 0 bridgehead atoms. The van der Waals surface area contributed by atoms with Crippen LogP contribution in [0.2, 0.25) is 0 Å². The average molecular weight is 325 g/mol. The second-order valence-electron chi connectivity index (χ2n) is 5.92. The lowest BCUT2D eigenvalue weighted by atomic mass is 9.87. The van der Waals surface area contributed by atoms with E-state index < -0.39 is 36.7 Å². The van der Waals surface area contributed by atoms with Crippen LogP contribution in [0.3, 0.4) is 0 Å². The molecule has 2 fully saturated rings. The lowest BCUT2D eigenvalue weighted by Gasteiger charge is -2.55. The number of fused-ring (bicyclic) bond motifs is 1. The summed E-state index contributed by atoms with van der Waals surface area (Å²) in [5, 5.41) is 31.8. The summed E-state index contributed by atoms with van der Waals surface area (Å²) in [7, 11) is 1.50. The molecule has 0 amide bonds. The van der Waals surface area contributed by atoms with Crippen LogP contribution in [-0.2, 0) is 20.9 Å². The fourth-order valence-corrected chi connectivity index (χ4v) is 3.37. The van der Waals surface area contributed by atoms with Crippen LogP contribution in [0.5, 0.6) is 0 Å². The smallest absolute Gasteiger partial charge is 0.191 e. The first-order valence-corrected chi connectivity index (χ1v) is 7.75. The van der Waals surface area contributed by atoms with Gasteiger partial charge in [-0.15, -0.1) is 0 Å². The molecule has 1 aromatic rings. The molecule has 1 aromatic carbocycles. The molecule has 128 valence electrons. The summed E-state index contributed by atoms with van der Waals surface area (Å²) in [5.74, 6) is -1.13. The fraction of sp³-hybridized carbons (Fsp3) is 0.625. The van der Waals surface area contributed by atoms with Gasteiger partial charge in [0.1, 0.15) is 24.4 Å². The van der Waals surface area contributed by atoms with Gasteiger partial charge < -0.3 is 24.8 Å². The molecule has 0 aliphatic carbocycles. The van der Waals surface area contributed by atoms with Crippen LogP contribution in [0.4, 0.5) is 0 Å². The maximum atomic E-state index is 10.6. The first kappa shape index (κ1) is 16.8. The Kier molecular flexibility index (Phi) is 4.98. The number of benzene rings is 1. The summed E-state index contributed by atoms with van der Waals surface area (Å²) in [6, 6.07) is 8.99. The lowest BCUT2D eigenvalue weighted by molar-refractivity contribution is -0.410. The Morgan fingerprint density at radius 1 is 1.26 bits per heavy atom. The highest BCUT2D eigenvalue weighted by Gasteiger charge is 2.58.